The maximum absolute atomic E-state index is 12.2. The summed E-state index contributed by atoms with van der Waals surface area (Å²) in [5.41, 5.74) is 2.29. The van der Waals surface area contributed by atoms with Crippen molar-refractivity contribution in [1.82, 2.24) is 15.1 Å². The van der Waals surface area contributed by atoms with E-state index in [0.717, 1.165) is 43.6 Å². The Morgan fingerprint density at radius 3 is 2.64 bits per heavy atom. The Hall–Kier alpha value is -2.16. The van der Waals surface area contributed by atoms with E-state index in [2.05, 4.69) is 21.2 Å². The van der Waals surface area contributed by atoms with Gasteiger partial charge in [-0.05, 0) is 38.7 Å². The quantitative estimate of drug-likeness (QED) is 0.825. The Labute approximate surface area is 130 Å². The van der Waals surface area contributed by atoms with Crippen LogP contribution < -0.4 is 4.90 Å². The molecule has 3 rings (SSSR count). The van der Waals surface area contributed by atoms with Crippen molar-refractivity contribution in [2.24, 2.45) is 5.92 Å². The predicted octanol–water partition coefficient (Wildman–Crippen LogP) is 1.41. The van der Waals surface area contributed by atoms with Crippen LogP contribution in [-0.2, 0) is 4.79 Å². The molecular weight excluding hydrogens is 278 g/mol. The first kappa shape index (κ1) is 14.8. The molecule has 1 aromatic rings. The van der Waals surface area contributed by atoms with Crippen molar-refractivity contribution in [2.45, 2.75) is 33.1 Å². The van der Waals surface area contributed by atoms with Crippen LogP contribution in [0.25, 0.3) is 0 Å². The first-order valence-corrected chi connectivity index (χ1v) is 7.89. The monoisotopic (exact) mass is 299 g/mol. The highest BCUT2D eigenvalue weighted by atomic mass is 16.2. The van der Waals surface area contributed by atoms with Gasteiger partial charge in [-0.3, -0.25) is 4.79 Å². The molecule has 1 aliphatic carbocycles. The Balaban J connectivity index is 1.77. The number of rotatable bonds is 2. The molecule has 116 valence electrons. The largest absolute Gasteiger partial charge is 0.352 e. The molecule has 22 heavy (non-hydrogen) atoms. The smallest absolute Gasteiger partial charge is 0.225 e. The first-order valence-electron chi connectivity index (χ1n) is 7.89. The average molecular weight is 299 g/mol. The normalized spacial score (nSPS) is 18.8. The second-order valence-electron chi connectivity index (χ2n) is 6.16. The molecule has 0 atom stereocenters. The molecule has 1 aromatic heterocycles. The molecule has 1 saturated carbocycles. The summed E-state index contributed by atoms with van der Waals surface area (Å²) in [5.74, 6) is 1.22. The molecule has 1 saturated heterocycles. The molecule has 0 radical (unpaired) electrons. The number of nitriles is 1. The van der Waals surface area contributed by atoms with Gasteiger partial charge in [-0.25, -0.2) is 0 Å². The lowest BCUT2D eigenvalue weighted by molar-refractivity contribution is -0.132. The van der Waals surface area contributed by atoms with Crippen LogP contribution in [-0.4, -0.2) is 47.2 Å². The number of amides is 1. The van der Waals surface area contributed by atoms with Gasteiger partial charge in [-0.15, -0.1) is 5.10 Å². The minimum Gasteiger partial charge on any atom is -0.352 e. The SMILES string of the molecule is Cc1nnc(N2CCCN(C(=O)C3CC3)CC2)c(C#N)c1C. The van der Waals surface area contributed by atoms with E-state index in [1.807, 2.05) is 18.7 Å². The van der Waals surface area contributed by atoms with E-state index in [4.69, 9.17) is 0 Å². The molecule has 0 bridgehead atoms. The molecule has 2 fully saturated rings. The summed E-state index contributed by atoms with van der Waals surface area (Å²) in [6, 6.07) is 2.26. The number of hydrogen-bond donors (Lipinski definition) is 0. The third-order valence-corrected chi connectivity index (χ3v) is 4.58. The van der Waals surface area contributed by atoms with Crippen LogP contribution in [0.3, 0.4) is 0 Å². The molecule has 0 spiro atoms. The maximum atomic E-state index is 12.2. The van der Waals surface area contributed by atoms with Crippen LogP contribution in [0.5, 0.6) is 0 Å². The minimum absolute atomic E-state index is 0.266. The van der Waals surface area contributed by atoms with E-state index in [9.17, 15) is 10.1 Å². The van der Waals surface area contributed by atoms with Gasteiger partial charge in [-0.1, -0.05) is 0 Å². The van der Waals surface area contributed by atoms with Gasteiger partial charge < -0.3 is 9.80 Å². The second-order valence-corrected chi connectivity index (χ2v) is 6.16. The van der Waals surface area contributed by atoms with Crippen molar-refractivity contribution in [3.63, 3.8) is 0 Å². The molecule has 0 aromatic carbocycles. The van der Waals surface area contributed by atoms with Gasteiger partial charge in [0, 0.05) is 32.1 Å². The topological polar surface area (TPSA) is 73.1 Å². The highest BCUT2D eigenvalue weighted by Gasteiger charge is 2.34. The molecule has 0 unspecified atom stereocenters. The van der Waals surface area contributed by atoms with Gasteiger partial charge in [0.25, 0.3) is 0 Å². The van der Waals surface area contributed by atoms with E-state index < -0.39 is 0 Å². The van der Waals surface area contributed by atoms with E-state index in [1.165, 1.54) is 0 Å². The fourth-order valence-corrected chi connectivity index (χ4v) is 2.89. The third kappa shape index (κ3) is 2.76. The number of aromatic nitrogens is 2. The summed E-state index contributed by atoms with van der Waals surface area (Å²) in [6.07, 6.45) is 2.98. The molecule has 0 N–H and O–H groups in total. The van der Waals surface area contributed by atoms with Crippen LogP contribution in [0.2, 0.25) is 0 Å². The predicted molar refractivity (Wildman–Crippen MR) is 82.4 cm³/mol. The average Bonchev–Trinajstić information content (AvgIpc) is 3.35. The second kappa shape index (κ2) is 5.91. The molecule has 1 aliphatic heterocycles. The van der Waals surface area contributed by atoms with Crippen molar-refractivity contribution in [3.8, 4) is 6.07 Å². The van der Waals surface area contributed by atoms with Gasteiger partial charge in [-0.2, -0.15) is 10.4 Å². The third-order valence-electron chi connectivity index (χ3n) is 4.58. The van der Waals surface area contributed by atoms with Gasteiger partial charge in [0.15, 0.2) is 5.82 Å². The van der Waals surface area contributed by atoms with Crippen LogP contribution >= 0.6 is 0 Å². The van der Waals surface area contributed by atoms with E-state index in [0.29, 0.717) is 30.4 Å². The van der Waals surface area contributed by atoms with Gasteiger partial charge in [0.2, 0.25) is 5.91 Å². The molecule has 6 heteroatoms. The lowest BCUT2D eigenvalue weighted by Gasteiger charge is -2.23. The molecular formula is C16H21N5O. The Morgan fingerprint density at radius 2 is 1.95 bits per heavy atom. The fourth-order valence-electron chi connectivity index (χ4n) is 2.89. The van der Waals surface area contributed by atoms with E-state index in [1.54, 1.807) is 0 Å². The molecule has 1 amide bonds. The van der Waals surface area contributed by atoms with Gasteiger partial charge >= 0.3 is 0 Å². The minimum atomic E-state index is 0.266. The fraction of sp³-hybridized carbons (Fsp3) is 0.625. The highest BCUT2D eigenvalue weighted by molar-refractivity contribution is 5.81. The Bertz CT molecular complexity index is 632. The Morgan fingerprint density at radius 1 is 1.18 bits per heavy atom. The first-order chi connectivity index (χ1) is 10.6. The molecule has 6 nitrogen and oxygen atoms in total. The highest BCUT2D eigenvalue weighted by Crippen LogP contribution is 2.31. The molecule has 2 heterocycles. The maximum Gasteiger partial charge on any atom is 0.225 e. The van der Waals surface area contributed by atoms with E-state index in [-0.39, 0.29) is 5.92 Å². The number of carbonyl (C=O) groups is 1. The lowest BCUT2D eigenvalue weighted by Crippen LogP contribution is -2.36. The lowest BCUT2D eigenvalue weighted by atomic mass is 10.1. The van der Waals surface area contributed by atoms with Crippen molar-refractivity contribution in [1.29, 1.82) is 5.26 Å². The van der Waals surface area contributed by atoms with Gasteiger partial charge in [0.1, 0.15) is 11.6 Å². The summed E-state index contributed by atoms with van der Waals surface area (Å²) < 4.78 is 0. The van der Waals surface area contributed by atoms with Crippen LogP contribution in [0.15, 0.2) is 0 Å². The van der Waals surface area contributed by atoms with Crippen molar-refractivity contribution in [3.05, 3.63) is 16.8 Å². The van der Waals surface area contributed by atoms with Crippen molar-refractivity contribution >= 4 is 11.7 Å². The summed E-state index contributed by atoms with van der Waals surface area (Å²) in [7, 11) is 0. The van der Waals surface area contributed by atoms with Crippen LogP contribution in [0.4, 0.5) is 5.82 Å². The number of nitrogens with zero attached hydrogens (tertiary/aromatic N) is 5. The number of aryl methyl sites for hydroxylation is 1. The van der Waals surface area contributed by atoms with Crippen molar-refractivity contribution < 1.29 is 4.79 Å². The summed E-state index contributed by atoms with van der Waals surface area (Å²) in [6.45, 7) is 6.80. The number of anilines is 1. The summed E-state index contributed by atoms with van der Waals surface area (Å²) in [5, 5.41) is 17.8. The Kier molecular flexibility index (Phi) is 3.97. The zero-order chi connectivity index (χ0) is 15.7. The standard InChI is InChI=1S/C16H21N5O/c1-11-12(2)18-19-15(14(11)10-17)20-6-3-7-21(9-8-20)16(22)13-4-5-13/h13H,3-9H2,1-2H3. The number of hydrogen-bond acceptors (Lipinski definition) is 5. The number of carbonyl (C=O) groups excluding carboxylic acids is 1. The van der Waals surface area contributed by atoms with Gasteiger partial charge in [0.05, 0.1) is 5.69 Å². The summed E-state index contributed by atoms with van der Waals surface area (Å²) >= 11 is 0. The zero-order valence-electron chi connectivity index (χ0n) is 13.2. The van der Waals surface area contributed by atoms with E-state index >= 15 is 0 Å². The van der Waals surface area contributed by atoms with Crippen LogP contribution in [0.1, 0.15) is 36.1 Å². The zero-order valence-corrected chi connectivity index (χ0v) is 13.2. The van der Waals surface area contributed by atoms with Crippen LogP contribution in [0, 0.1) is 31.1 Å². The summed E-state index contributed by atoms with van der Waals surface area (Å²) in [4.78, 5) is 16.3. The van der Waals surface area contributed by atoms with Crippen molar-refractivity contribution in [2.75, 3.05) is 31.1 Å². The molecule has 2 aliphatic rings.